The fourth-order valence-corrected chi connectivity index (χ4v) is 3.42. The van der Waals surface area contributed by atoms with Gasteiger partial charge < -0.3 is 19.5 Å². The van der Waals surface area contributed by atoms with E-state index in [0.29, 0.717) is 0 Å². The number of nitrogens with one attached hydrogen (secondary N) is 1. The molecule has 1 heterocycles. The SMILES string of the molecule is COc1ccc(C(C)(C)c2ccc(OC3CC(NC(=O)OC(C)(C)C)C3)cn2)cc1. The quantitative estimate of drug-likeness (QED) is 0.734. The van der Waals surface area contributed by atoms with Crippen LogP contribution in [0.25, 0.3) is 0 Å². The highest BCUT2D eigenvalue weighted by Gasteiger charge is 2.33. The number of methoxy groups -OCH3 is 1. The summed E-state index contributed by atoms with van der Waals surface area (Å²) in [5, 5.41) is 2.88. The average Bonchev–Trinajstić information content (AvgIpc) is 2.65. The van der Waals surface area contributed by atoms with Gasteiger partial charge >= 0.3 is 6.09 Å². The Balaban J connectivity index is 1.52. The Kier molecular flexibility index (Phi) is 6.25. The van der Waals surface area contributed by atoms with Gasteiger partial charge in [-0.05, 0) is 50.6 Å². The van der Waals surface area contributed by atoms with Crippen molar-refractivity contribution in [2.75, 3.05) is 7.11 Å². The second kappa shape index (κ2) is 8.54. The molecule has 1 saturated carbocycles. The number of amides is 1. The summed E-state index contributed by atoms with van der Waals surface area (Å²) in [6.07, 6.45) is 3.00. The minimum atomic E-state index is -0.489. The van der Waals surface area contributed by atoms with Crippen LogP contribution in [0.1, 0.15) is 58.7 Å². The first-order valence-corrected chi connectivity index (χ1v) is 10.3. The number of ether oxygens (including phenoxy) is 3. The van der Waals surface area contributed by atoms with Crippen LogP contribution in [0.4, 0.5) is 4.79 Å². The van der Waals surface area contributed by atoms with Crippen LogP contribution in [0.5, 0.6) is 11.5 Å². The molecule has 1 amide bonds. The molecule has 1 aromatic carbocycles. The van der Waals surface area contributed by atoms with E-state index in [9.17, 15) is 4.79 Å². The van der Waals surface area contributed by atoms with E-state index >= 15 is 0 Å². The molecular weight excluding hydrogens is 380 g/mol. The lowest BCUT2D eigenvalue weighted by molar-refractivity contribution is 0.0362. The fourth-order valence-electron chi connectivity index (χ4n) is 3.42. The topological polar surface area (TPSA) is 69.7 Å². The summed E-state index contributed by atoms with van der Waals surface area (Å²) >= 11 is 0. The molecule has 0 bridgehead atoms. The largest absolute Gasteiger partial charge is 0.497 e. The smallest absolute Gasteiger partial charge is 0.407 e. The van der Waals surface area contributed by atoms with Crippen molar-refractivity contribution in [2.45, 2.75) is 70.6 Å². The normalized spacial score (nSPS) is 18.9. The maximum atomic E-state index is 11.8. The number of benzene rings is 1. The maximum absolute atomic E-state index is 11.8. The van der Waals surface area contributed by atoms with Crippen molar-refractivity contribution in [1.29, 1.82) is 0 Å². The van der Waals surface area contributed by atoms with E-state index < -0.39 is 5.60 Å². The van der Waals surface area contributed by atoms with Gasteiger partial charge in [0.05, 0.1) is 19.0 Å². The number of nitrogens with zero attached hydrogens (tertiary/aromatic N) is 1. The van der Waals surface area contributed by atoms with Crippen molar-refractivity contribution in [3.8, 4) is 11.5 Å². The van der Waals surface area contributed by atoms with Crippen LogP contribution in [0.3, 0.4) is 0 Å². The molecule has 0 radical (unpaired) electrons. The van der Waals surface area contributed by atoms with Crippen LogP contribution in [0.2, 0.25) is 0 Å². The number of rotatable bonds is 6. The molecule has 1 fully saturated rings. The number of pyridine rings is 1. The van der Waals surface area contributed by atoms with Crippen LogP contribution in [-0.2, 0) is 10.2 Å². The standard InChI is InChI=1S/C24H32N2O4/c1-23(2,3)30-22(27)26-17-13-20(14-17)29-19-11-12-21(25-15-19)24(4,5)16-7-9-18(28-6)10-8-16/h7-12,15,17,20H,13-14H2,1-6H3,(H,26,27). The van der Waals surface area contributed by atoms with Gasteiger partial charge in [0.25, 0.3) is 0 Å². The summed E-state index contributed by atoms with van der Waals surface area (Å²) in [5.74, 6) is 1.58. The zero-order valence-electron chi connectivity index (χ0n) is 18.7. The first-order chi connectivity index (χ1) is 14.1. The molecule has 1 N–H and O–H groups in total. The third kappa shape index (κ3) is 5.43. The molecule has 0 aliphatic heterocycles. The first kappa shape index (κ1) is 21.9. The summed E-state index contributed by atoms with van der Waals surface area (Å²) < 4.78 is 16.5. The molecule has 6 heteroatoms. The van der Waals surface area contributed by atoms with Gasteiger partial charge in [-0.25, -0.2) is 4.79 Å². The van der Waals surface area contributed by atoms with Gasteiger partial charge in [-0.15, -0.1) is 0 Å². The Hall–Kier alpha value is -2.76. The molecule has 3 rings (SSSR count). The molecular formula is C24H32N2O4. The Morgan fingerprint density at radius 2 is 1.63 bits per heavy atom. The number of alkyl carbamates (subject to hydrolysis) is 1. The molecule has 0 saturated heterocycles. The Labute approximate surface area is 178 Å². The van der Waals surface area contributed by atoms with Gasteiger partial charge in [-0.2, -0.15) is 0 Å². The predicted molar refractivity (Wildman–Crippen MR) is 116 cm³/mol. The summed E-state index contributed by atoms with van der Waals surface area (Å²) in [6, 6.07) is 12.1. The molecule has 6 nitrogen and oxygen atoms in total. The van der Waals surface area contributed by atoms with Gasteiger partial charge in [0.2, 0.25) is 0 Å². The van der Waals surface area contributed by atoms with E-state index in [2.05, 4.69) is 36.3 Å². The summed E-state index contributed by atoms with van der Waals surface area (Å²) in [5.41, 5.74) is 1.41. The van der Waals surface area contributed by atoms with Crippen molar-refractivity contribution in [1.82, 2.24) is 10.3 Å². The molecule has 162 valence electrons. The summed E-state index contributed by atoms with van der Waals surface area (Å²) in [4.78, 5) is 16.5. The van der Waals surface area contributed by atoms with Crippen LogP contribution < -0.4 is 14.8 Å². The molecule has 0 atom stereocenters. The Morgan fingerprint density at radius 1 is 1.00 bits per heavy atom. The van der Waals surface area contributed by atoms with Crippen LogP contribution in [0.15, 0.2) is 42.6 Å². The molecule has 30 heavy (non-hydrogen) atoms. The van der Waals surface area contributed by atoms with Crippen molar-refractivity contribution >= 4 is 6.09 Å². The highest BCUT2D eigenvalue weighted by Crippen LogP contribution is 2.32. The van der Waals surface area contributed by atoms with Crippen molar-refractivity contribution in [3.05, 3.63) is 53.9 Å². The summed E-state index contributed by atoms with van der Waals surface area (Å²) in [6.45, 7) is 9.86. The fraction of sp³-hybridized carbons (Fsp3) is 0.500. The average molecular weight is 413 g/mol. The van der Waals surface area contributed by atoms with Gasteiger partial charge in [0.15, 0.2) is 0 Å². The second-order valence-corrected chi connectivity index (χ2v) is 9.29. The number of hydrogen-bond acceptors (Lipinski definition) is 5. The first-order valence-electron chi connectivity index (χ1n) is 10.3. The highest BCUT2D eigenvalue weighted by molar-refractivity contribution is 5.68. The second-order valence-electron chi connectivity index (χ2n) is 9.29. The number of carbonyl (C=O) groups is 1. The van der Waals surface area contributed by atoms with Gasteiger partial charge in [-0.1, -0.05) is 26.0 Å². The van der Waals surface area contributed by atoms with Crippen LogP contribution in [-0.4, -0.2) is 35.9 Å². The van der Waals surface area contributed by atoms with E-state index in [-0.39, 0.29) is 23.7 Å². The minimum absolute atomic E-state index is 0.0761. The van der Waals surface area contributed by atoms with E-state index in [4.69, 9.17) is 14.2 Å². The van der Waals surface area contributed by atoms with E-state index in [1.54, 1.807) is 13.3 Å². The van der Waals surface area contributed by atoms with Gasteiger partial charge in [0, 0.05) is 24.3 Å². The molecule has 1 aromatic heterocycles. The zero-order valence-corrected chi connectivity index (χ0v) is 18.7. The van der Waals surface area contributed by atoms with Gasteiger partial charge in [-0.3, -0.25) is 4.98 Å². The number of carbonyl (C=O) groups excluding carboxylic acids is 1. The van der Waals surface area contributed by atoms with Crippen molar-refractivity contribution in [3.63, 3.8) is 0 Å². The van der Waals surface area contributed by atoms with Crippen molar-refractivity contribution in [2.24, 2.45) is 0 Å². The third-order valence-corrected chi connectivity index (χ3v) is 5.31. The number of aromatic nitrogens is 1. The van der Waals surface area contributed by atoms with Crippen LogP contribution in [0, 0.1) is 0 Å². The molecule has 1 aliphatic carbocycles. The third-order valence-electron chi connectivity index (χ3n) is 5.31. The Bertz CT molecular complexity index is 848. The van der Waals surface area contributed by atoms with E-state index in [1.807, 2.05) is 45.0 Å². The minimum Gasteiger partial charge on any atom is -0.497 e. The van der Waals surface area contributed by atoms with Crippen LogP contribution >= 0.6 is 0 Å². The molecule has 0 unspecified atom stereocenters. The monoisotopic (exact) mass is 412 g/mol. The predicted octanol–water partition coefficient (Wildman–Crippen LogP) is 4.85. The maximum Gasteiger partial charge on any atom is 0.407 e. The zero-order chi connectivity index (χ0) is 21.9. The highest BCUT2D eigenvalue weighted by atomic mass is 16.6. The molecule has 0 spiro atoms. The lowest BCUT2D eigenvalue weighted by Crippen LogP contribution is -2.50. The van der Waals surface area contributed by atoms with Crippen molar-refractivity contribution < 1.29 is 19.0 Å². The lowest BCUT2D eigenvalue weighted by Gasteiger charge is -2.36. The van der Waals surface area contributed by atoms with Gasteiger partial charge in [0.1, 0.15) is 23.2 Å². The Morgan fingerprint density at radius 3 is 2.17 bits per heavy atom. The molecule has 2 aromatic rings. The van der Waals surface area contributed by atoms with E-state index in [0.717, 1.165) is 30.0 Å². The van der Waals surface area contributed by atoms with E-state index in [1.165, 1.54) is 5.56 Å². The summed E-state index contributed by atoms with van der Waals surface area (Å²) in [7, 11) is 1.67. The lowest BCUT2D eigenvalue weighted by atomic mass is 9.81. The number of hydrogen-bond donors (Lipinski definition) is 1. The molecule has 1 aliphatic rings.